The van der Waals surface area contributed by atoms with Gasteiger partial charge in [0.05, 0.1) is 6.16 Å². The Morgan fingerprint density at radius 3 is 2.31 bits per heavy atom. The van der Waals surface area contributed by atoms with Gasteiger partial charge in [-0.1, -0.05) is 19.9 Å². The first-order valence-electron chi connectivity index (χ1n) is 5.39. The van der Waals surface area contributed by atoms with Crippen LogP contribution < -0.4 is 0 Å². The number of aromatic nitrogens is 1. The van der Waals surface area contributed by atoms with Gasteiger partial charge in [-0.3, -0.25) is 9.55 Å². The molecular formula is C11H18NO3P. The first-order valence-corrected chi connectivity index (χ1v) is 7.19. The SMILES string of the molecule is CCC(CC)(CP(=O)(O)O)c1ccccn1. The van der Waals surface area contributed by atoms with Crippen LogP contribution in [0.5, 0.6) is 0 Å². The second kappa shape index (κ2) is 5.09. The molecule has 0 atom stereocenters. The van der Waals surface area contributed by atoms with Crippen molar-refractivity contribution in [2.75, 3.05) is 6.16 Å². The van der Waals surface area contributed by atoms with Gasteiger partial charge in [-0.05, 0) is 25.0 Å². The summed E-state index contributed by atoms with van der Waals surface area (Å²) in [4.78, 5) is 22.6. The van der Waals surface area contributed by atoms with Crippen molar-refractivity contribution in [3.05, 3.63) is 30.1 Å². The fraction of sp³-hybridized carbons (Fsp3) is 0.545. The molecule has 4 nitrogen and oxygen atoms in total. The smallest absolute Gasteiger partial charge is 0.324 e. The molecule has 5 heteroatoms. The predicted octanol–water partition coefficient (Wildman–Crippen LogP) is 2.32. The molecule has 0 amide bonds. The topological polar surface area (TPSA) is 70.4 Å². The first kappa shape index (κ1) is 13.4. The van der Waals surface area contributed by atoms with E-state index in [1.807, 2.05) is 26.0 Å². The normalized spacial score (nSPS) is 12.8. The monoisotopic (exact) mass is 243 g/mol. The van der Waals surface area contributed by atoms with Crippen LogP contribution in [0.2, 0.25) is 0 Å². The van der Waals surface area contributed by atoms with Gasteiger partial charge in [0, 0.05) is 17.3 Å². The molecule has 0 aliphatic carbocycles. The van der Waals surface area contributed by atoms with Crippen LogP contribution in [-0.2, 0) is 9.98 Å². The van der Waals surface area contributed by atoms with E-state index in [1.165, 1.54) is 0 Å². The lowest BCUT2D eigenvalue weighted by Crippen LogP contribution is -2.30. The minimum absolute atomic E-state index is 0.135. The van der Waals surface area contributed by atoms with E-state index in [0.29, 0.717) is 12.8 Å². The Labute approximate surface area is 95.9 Å². The highest BCUT2D eigenvalue weighted by atomic mass is 31.2. The minimum atomic E-state index is -4.03. The Kier molecular flexibility index (Phi) is 4.25. The zero-order valence-electron chi connectivity index (χ0n) is 9.63. The number of nitrogens with zero attached hydrogens (tertiary/aromatic N) is 1. The molecule has 0 fully saturated rings. The van der Waals surface area contributed by atoms with E-state index < -0.39 is 13.0 Å². The molecule has 0 saturated heterocycles. The summed E-state index contributed by atoms with van der Waals surface area (Å²) in [5.41, 5.74) is 0.253. The lowest BCUT2D eigenvalue weighted by Gasteiger charge is -2.31. The Hall–Kier alpha value is -0.700. The summed E-state index contributed by atoms with van der Waals surface area (Å²) in [5.74, 6) is 0. The van der Waals surface area contributed by atoms with E-state index in [1.54, 1.807) is 12.3 Å². The van der Waals surface area contributed by atoms with Crippen LogP contribution >= 0.6 is 7.60 Å². The van der Waals surface area contributed by atoms with Crippen molar-refractivity contribution in [1.82, 2.24) is 4.98 Å². The van der Waals surface area contributed by atoms with Crippen LogP contribution in [0.25, 0.3) is 0 Å². The molecule has 16 heavy (non-hydrogen) atoms. The minimum Gasteiger partial charge on any atom is -0.324 e. The lowest BCUT2D eigenvalue weighted by molar-refractivity contribution is 0.337. The number of pyridine rings is 1. The Morgan fingerprint density at radius 1 is 1.31 bits per heavy atom. The van der Waals surface area contributed by atoms with Crippen LogP contribution in [0, 0.1) is 0 Å². The molecule has 0 aliphatic rings. The van der Waals surface area contributed by atoms with E-state index in [0.717, 1.165) is 5.69 Å². The molecule has 1 aromatic rings. The van der Waals surface area contributed by atoms with E-state index in [-0.39, 0.29) is 6.16 Å². The van der Waals surface area contributed by atoms with E-state index >= 15 is 0 Å². The molecule has 90 valence electrons. The third-order valence-electron chi connectivity index (χ3n) is 3.07. The quantitative estimate of drug-likeness (QED) is 0.778. The second-order valence-electron chi connectivity index (χ2n) is 4.03. The van der Waals surface area contributed by atoms with Crippen molar-refractivity contribution in [1.29, 1.82) is 0 Å². The van der Waals surface area contributed by atoms with Crippen molar-refractivity contribution in [3.63, 3.8) is 0 Å². The molecule has 0 bridgehead atoms. The second-order valence-corrected chi connectivity index (χ2v) is 5.67. The summed E-state index contributed by atoms with van der Waals surface area (Å²) < 4.78 is 11.2. The molecule has 0 aliphatic heterocycles. The third-order valence-corrected chi connectivity index (χ3v) is 4.09. The molecule has 1 heterocycles. The van der Waals surface area contributed by atoms with Crippen LogP contribution in [0.3, 0.4) is 0 Å². The van der Waals surface area contributed by atoms with Crippen molar-refractivity contribution in [2.24, 2.45) is 0 Å². The predicted molar refractivity (Wildman–Crippen MR) is 63.4 cm³/mol. The third kappa shape index (κ3) is 3.14. The largest absolute Gasteiger partial charge is 0.326 e. The maximum absolute atomic E-state index is 11.2. The molecule has 0 spiro atoms. The van der Waals surface area contributed by atoms with Gasteiger partial charge in [0.2, 0.25) is 0 Å². The zero-order chi connectivity index (χ0) is 12.2. The summed E-state index contributed by atoms with van der Waals surface area (Å²) in [6.45, 7) is 3.88. The van der Waals surface area contributed by atoms with Gasteiger partial charge in [-0.15, -0.1) is 0 Å². The van der Waals surface area contributed by atoms with Crippen LogP contribution in [0.1, 0.15) is 32.4 Å². The van der Waals surface area contributed by atoms with Crippen LogP contribution in [0.4, 0.5) is 0 Å². The molecule has 1 rings (SSSR count). The molecular weight excluding hydrogens is 225 g/mol. The maximum Gasteiger partial charge on any atom is 0.326 e. The van der Waals surface area contributed by atoms with Gasteiger partial charge in [-0.2, -0.15) is 0 Å². The lowest BCUT2D eigenvalue weighted by atomic mass is 9.81. The fourth-order valence-electron chi connectivity index (χ4n) is 1.99. The van der Waals surface area contributed by atoms with Crippen molar-refractivity contribution < 1.29 is 14.4 Å². The van der Waals surface area contributed by atoms with Crippen LogP contribution in [-0.4, -0.2) is 20.9 Å². The number of rotatable bonds is 5. The van der Waals surface area contributed by atoms with E-state index in [4.69, 9.17) is 9.79 Å². The summed E-state index contributed by atoms with van der Waals surface area (Å²) in [5, 5.41) is 0. The van der Waals surface area contributed by atoms with Gasteiger partial charge in [0.25, 0.3) is 0 Å². The van der Waals surface area contributed by atoms with Gasteiger partial charge < -0.3 is 9.79 Å². The van der Waals surface area contributed by atoms with Crippen LogP contribution in [0.15, 0.2) is 24.4 Å². The van der Waals surface area contributed by atoms with Crippen molar-refractivity contribution in [2.45, 2.75) is 32.1 Å². The van der Waals surface area contributed by atoms with Gasteiger partial charge in [0.15, 0.2) is 0 Å². The molecule has 0 saturated carbocycles. The zero-order valence-corrected chi connectivity index (χ0v) is 10.5. The molecule has 1 aromatic heterocycles. The van der Waals surface area contributed by atoms with E-state index in [9.17, 15) is 4.57 Å². The summed E-state index contributed by atoms with van der Waals surface area (Å²) >= 11 is 0. The highest BCUT2D eigenvalue weighted by molar-refractivity contribution is 7.51. The molecule has 0 radical (unpaired) electrons. The average Bonchev–Trinajstić information content (AvgIpc) is 2.26. The summed E-state index contributed by atoms with van der Waals surface area (Å²) in [6, 6.07) is 5.49. The Bertz CT molecular complexity index is 370. The summed E-state index contributed by atoms with van der Waals surface area (Å²) in [7, 11) is -4.03. The van der Waals surface area contributed by atoms with Gasteiger partial charge in [0.1, 0.15) is 0 Å². The average molecular weight is 243 g/mol. The maximum atomic E-state index is 11.2. The van der Waals surface area contributed by atoms with Crippen molar-refractivity contribution >= 4 is 7.60 Å². The Balaban J connectivity index is 3.11. The highest BCUT2D eigenvalue weighted by Gasteiger charge is 2.36. The first-order chi connectivity index (χ1) is 7.43. The standard InChI is InChI=1S/C11H18NO3P/c1-3-11(4-2,9-16(13,14)15)10-7-5-6-8-12-10/h5-8H,3-4,9H2,1-2H3,(H2,13,14,15). The number of hydrogen-bond donors (Lipinski definition) is 2. The summed E-state index contributed by atoms with van der Waals surface area (Å²) in [6.07, 6.45) is 2.87. The molecule has 2 N–H and O–H groups in total. The highest BCUT2D eigenvalue weighted by Crippen LogP contribution is 2.45. The molecule has 0 aromatic carbocycles. The Morgan fingerprint density at radius 2 is 1.94 bits per heavy atom. The molecule has 0 unspecified atom stereocenters. The van der Waals surface area contributed by atoms with Crippen molar-refractivity contribution in [3.8, 4) is 0 Å². The van der Waals surface area contributed by atoms with Gasteiger partial charge in [-0.25, -0.2) is 0 Å². The van der Waals surface area contributed by atoms with E-state index in [2.05, 4.69) is 4.98 Å². The number of hydrogen-bond acceptors (Lipinski definition) is 2. The fourth-order valence-corrected chi connectivity index (χ4v) is 3.39. The van der Waals surface area contributed by atoms with Gasteiger partial charge >= 0.3 is 7.60 Å².